The van der Waals surface area contributed by atoms with Gasteiger partial charge in [0.2, 0.25) is 0 Å². The number of carboxylic acids is 1. The fourth-order valence-electron chi connectivity index (χ4n) is 3.05. The van der Waals surface area contributed by atoms with Gasteiger partial charge in [-0.3, -0.25) is 9.59 Å². The summed E-state index contributed by atoms with van der Waals surface area (Å²) in [6, 6.07) is 15.3. The molecule has 1 aromatic heterocycles. The topological polar surface area (TPSA) is 59.3 Å². The number of fused-ring (bicyclic) bond motifs is 1. The van der Waals surface area contributed by atoms with Gasteiger partial charge in [-0.05, 0) is 44.0 Å². The molecule has 0 bridgehead atoms. The summed E-state index contributed by atoms with van der Waals surface area (Å²) in [6.45, 7) is 6.06. The number of carboxylic acid groups (broad SMARTS) is 1. The molecule has 1 atom stereocenters. The van der Waals surface area contributed by atoms with E-state index in [1.165, 1.54) is 11.6 Å². The molecule has 0 saturated heterocycles. The zero-order valence-electron chi connectivity index (χ0n) is 14.6. The Kier molecular flexibility index (Phi) is 4.45. The molecule has 0 saturated carbocycles. The van der Waals surface area contributed by atoms with Gasteiger partial charge in [0, 0.05) is 11.5 Å². The molecule has 3 aromatic rings. The summed E-state index contributed by atoms with van der Waals surface area (Å²) in [4.78, 5) is 24.1. The molecule has 0 aliphatic heterocycles. The minimum Gasteiger partial charge on any atom is -0.481 e. The van der Waals surface area contributed by atoms with Gasteiger partial charge < -0.3 is 9.67 Å². The Labute approximate surface area is 146 Å². The van der Waals surface area contributed by atoms with E-state index in [4.69, 9.17) is 0 Å². The highest BCUT2D eigenvalue weighted by atomic mass is 16.4. The number of nitrogens with zero attached hydrogens (tertiary/aromatic N) is 1. The van der Waals surface area contributed by atoms with Crippen LogP contribution in [0.4, 0.5) is 0 Å². The van der Waals surface area contributed by atoms with Crippen molar-refractivity contribution in [1.29, 1.82) is 0 Å². The molecule has 0 spiro atoms. The minimum atomic E-state index is -0.932. The van der Waals surface area contributed by atoms with Crippen molar-refractivity contribution in [3.05, 3.63) is 81.1 Å². The van der Waals surface area contributed by atoms with Crippen LogP contribution in [-0.4, -0.2) is 15.6 Å². The van der Waals surface area contributed by atoms with E-state index in [1.54, 1.807) is 11.5 Å². The van der Waals surface area contributed by atoms with Gasteiger partial charge in [0.15, 0.2) is 0 Å². The Morgan fingerprint density at radius 1 is 1.04 bits per heavy atom. The molecular formula is C21H21NO3. The number of pyridine rings is 1. The predicted octanol–water partition coefficient (Wildman–Crippen LogP) is 3.85. The van der Waals surface area contributed by atoms with E-state index in [1.807, 2.05) is 56.3 Å². The molecule has 1 heterocycles. The Hall–Kier alpha value is -2.88. The van der Waals surface area contributed by atoms with Gasteiger partial charge in [-0.1, -0.05) is 41.5 Å². The van der Waals surface area contributed by atoms with E-state index in [9.17, 15) is 14.7 Å². The van der Waals surface area contributed by atoms with Crippen LogP contribution < -0.4 is 5.56 Å². The van der Waals surface area contributed by atoms with Gasteiger partial charge in [-0.25, -0.2) is 0 Å². The van der Waals surface area contributed by atoms with Crippen LogP contribution in [0.25, 0.3) is 10.9 Å². The van der Waals surface area contributed by atoms with E-state index >= 15 is 0 Å². The molecule has 0 fully saturated rings. The molecule has 128 valence electrons. The SMILES string of the molecule is Cc1ccc(Cn2c(=O)cc(C(C)C(=O)O)c3cc(C)ccc32)cc1. The summed E-state index contributed by atoms with van der Waals surface area (Å²) in [5.74, 6) is -1.66. The quantitative estimate of drug-likeness (QED) is 0.788. The average molecular weight is 335 g/mol. The van der Waals surface area contributed by atoms with E-state index in [-0.39, 0.29) is 5.56 Å². The second-order valence-electron chi connectivity index (χ2n) is 6.59. The van der Waals surface area contributed by atoms with Crippen molar-refractivity contribution in [3.63, 3.8) is 0 Å². The summed E-state index contributed by atoms with van der Waals surface area (Å²) in [5.41, 5.74) is 4.39. The van der Waals surface area contributed by atoms with Crippen LogP contribution in [0, 0.1) is 13.8 Å². The first-order chi connectivity index (χ1) is 11.9. The third-order valence-corrected chi connectivity index (χ3v) is 4.60. The highest BCUT2D eigenvalue weighted by molar-refractivity contribution is 5.89. The second-order valence-corrected chi connectivity index (χ2v) is 6.59. The van der Waals surface area contributed by atoms with Crippen molar-refractivity contribution >= 4 is 16.9 Å². The Morgan fingerprint density at radius 2 is 1.68 bits per heavy atom. The van der Waals surface area contributed by atoms with Gasteiger partial charge in [-0.15, -0.1) is 0 Å². The largest absolute Gasteiger partial charge is 0.481 e. The molecule has 2 aromatic carbocycles. The number of aryl methyl sites for hydroxylation is 2. The Morgan fingerprint density at radius 3 is 2.32 bits per heavy atom. The van der Waals surface area contributed by atoms with Gasteiger partial charge >= 0.3 is 5.97 Å². The van der Waals surface area contributed by atoms with Crippen LogP contribution in [0.1, 0.15) is 35.1 Å². The Balaban J connectivity index is 2.21. The molecule has 0 amide bonds. The summed E-state index contributed by atoms with van der Waals surface area (Å²) >= 11 is 0. The maximum atomic E-state index is 12.7. The molecule has 4 nitrogen and oxygen atoms in total. The van der Waals surface area contributed by atoms with Crippen molar-refractivity contribution in [3.8, 4) is 0 Å². The van der Waals surface area contributed by atoms with Gasteiger partial charge in [0.05, 0.1) is 18.0 Å². The van der Waals surface area contributed by atoms with Gasteiger partial charge in [0.1, 0.15) is 0 Å². The highest BCUT2D eigenvalue weighted by Gasteiger charge is 2.19. The maximum Gasteiger partial charge on any atom is 0.310 e. The van der Waals surface area contributed by atoms with Crippen molar-refractivity contribution in [2.45, 2.75) is 33.2 Å². The van der Waals surface area contributed by atoms with Crippen LogP contribution in [0.3, 0.4) is 0 Å². The van der Waals surface area contributed by atoms with E-state index in [2.05, 4.69) is 0 Å². The molecular weight excluding hydrogens is 314 g/mol. The van der Waals surface area contributed by atoms with Crippen molar-refractivity contribution < 1.29 is 9.90 Å². The fourth-order valence-corrected chi connectivity index (χ4v) is 3.05. The standard InChI is InChI=1S/C21H21NO3/c1-13-4-7-16(8-5-13)12-22-19-9-6-14(2)10-18(19)17(11-20(22)23)15(3)21(24)25/h4-11,15H,12H2,1-3H3,(H,24,25). The number of benzene rings is 2. The summed E-state index contributed by atoms with van der Waals surface area (Å²) in [7, 11) is 0. The Bertz CT molecular complexity index is 1000. The minimum absolute atomic E-state index is 0.181. The lowest BCUT2D eigenvalue weighted by Gasteiger charge is -2.16. The van der Waals surface area contributed by atoms with Crippen LogP contribution in [0.5, 0.6) is 0 Å². The number of carbonyl (C=O) groups is 1. The molecule has 0 radical (unpaired) electrons. The zero-order chi connectivity index (χ0) is 18.1. The maximum absolute atomic E-state index is 12.7. The number of aromatic nitrogens is 1. The van der Waals surface area contributed by atoms with Crippen LogP contribution >= 0.6 is 0 Å². The van der Waals surface area contributed by atoms with Crippen molar-refractivity contribution in [1.82, 2.24) is 4.57 Å². The number of rotatable bonds is 4. The first-order valence-electron chi connectivity index (χ1n) is 8.29. The number of aliphatic carboxylic acids is 1. The fraction of sp³-hybridized carbons (Fsp3) is 0.238. The number of hydrogen-bond donors (Lipinski definition) is 1. The average Bonchev–Trinajstić information content (AvgIpc) is 2.58. The molecule has 0 aliphatic carbocycles. The summed E-state index contributed by atoms with van der Waals surface area (Å²) in [5, 5.41) is 10.2. The van der Waals surface area contributed by atoms with E-state index < -0.39 is 11.9 Å². The van der Waals surface area contributed by atoms with Crippen LogP contribution in [0.2, 0.25) is 0 Å². The normalized spacial score (nSPS) is 12.3. The van der Waals surface area contributed by atoms with Crippen molar-refractivity contribution in [2.24, 2.45) is 0 Å². The smallest absolute Gasteiger partial charge is 0.310 e. The molecule has 1 N–H and O–H groups in total. The first kappa shape index (κ1) is 17.0. The monoisotopic (exact) mass is 335 g/mol. The van der Waals surface area contributed by atoms with E-state index in [0.29, 0.717) is 12.1 Å². The molecule has 3 rings (SSSR count). The third-order valence-electron chi connectivity index (χ3n) is 4.60. The summed E-state index contributed by atoms with van der Waals surface area (Å²) in [6.07, 6.45) is 0. The predicted molar refractivity (Wildman–Crippen MR) is 99.3 cm³/mol. The lowest BCUT2D eigenvalue weighted by Crippen LogP contribution is -2.23. The first-order valence-corrected chi connectivity index (χ1v) is 8.29. The lowest BCUT2D eigenvalue weighted by molar-refractivity contribution is -0.138. The molecule has 1 unspecified atom stereocenters. The van der Waals surface area contributed by atoms with Gasteiger partial charge in [0.25, 0.3) is 5.56 Å². The molecule has 0 aliphatic rings. The highest BCUT2D eigenvalue weighted by Crippen LogP contribution is 2.26. The molecule has 25 heavy (non-hydrogen) atoms. The lowest BCUT2D eigenvalue weighted by atomic mass is 9.96. The van der Waals surface area contributed by atoms with Gasteiger partial charge in [-0.2, -0.15) is 0 Å². The number of hydrogen-bond acceptors (Lipinski definition) is 2. The van der Waals surface area contributed by atoms with Crippen LogP contribution in [0.15, 0.2) is 53.3 Å². The van der Waals surface area contributed by atoms with Crippen LogP contribution in [-0.2, 0) is 11.3 Å². The molecule has 4 heteroatoms. The third kappa shape index (κ3) is 3.33. The van der Waals surface area contributed by atoms with E-state index in [0.717, 1.165) is 22.0 Å². The zero-order valence-corrected chi connectivity index (χ0v) is 14.6. The summed E-state index contributed by atoms with van der Waals surface area (Å²) < 4.78 is 1.71. The van der Waals surface area contributed by atoms with Crippen molar-refractivity contribution in [2.75, 3.05) is 0 Å². The second kappa shape index (κ2) is 6.55.